The highest BCUT2D eigenvalue weighted by Gasteiger charge is 2.19. The highest BCUT2D eigenvalue weighted by Crippen LogP contribution is 2.17. The highest BCUT2D eigenvalue weighted by molar-refractivity contribution is 14.0. The Bertz CT molecular complexity index is 644. The topological polar surface area (TPSA) is 49.3 Å². The van der Waals surface area contributed by atoms with E-state index in [0.717, 1.165) is 69.9 Å². The number of halogens is 1. The molecule has 0 saturated carbocycles. The van der Waals surface area contributed by atoms with Gasteiger partial charge in [-0.25, -0.2) is 0 Å². The van der Waals surface area contributed by atoms with E-state index in [-0.39, 0.29) is 24.0 Å². The fraction of sp³-hybridized carbons (Fsp3) is 0.696. The van der Waals surface area contributed by atoms with Gasteiger partial charge in [-0.05, 0) is 56.3 Å². The molecule has 2 heterocycles. The first-order valence-corrected chi connectivity index (χ1v) is 11.1. The number of hydrogen-bond donors (Lipinski definition) is 1. The second kappa shape index (κ2) is 13.4. The largest absolute Gasteiger partial charge is 0.492 e. The second-order valence-corrected chi connectivity index (χ2v) is 8.39. The van der Waals surface area contributed by atoms with Crippen molar-refractivity contribution >= 4 is 29.9 Å². The van der Waals surface area contributed by atoms with Crippen molar-refractivity contribution < 1.29 is 9.47 Å². The standard InChI is InChI=1S/C23H38N4O2.HI/c1-19-7-11-27(12-8-19)23(24-2)25-18-20-5-4-6-22(17-20)29-16-13-26(3)21-9-14-28-15-10-21;/h4-6,17,19,21H,7-16,18H2,1-3H3,(H,24,25);1H. The highest BCUT2D eigenvalue weighted by atomic mass is 127. The van der Waals surface area contributed by atoms with Gasteiger partial charge in [-0.3, -0.25) is 9.89 Å². The molecular formula is C23H39IN4O2. The van der Waals surface area contributed by atoms with Crippen molar-refractivity contribution in [1.82, 2.24) is 15.1 Å². The number of ether oxygens (including phenoxy) is 2. The zero-order chi connectivity index (χ0) is 20.5. The number of rotatable bonds is 7. The molecule has 2 aliphatic rings. The number of likely N-dealkylation sites (N-methyl/N-ethyl adjacent to an activating group) is 1. The van der Waals surface area contributed by atoms with Gasteiger partial charge in [-0.1, -0.05) is 19.1 Å². The van der Waals surface area contributed by atoms with Gasteiger partial charge in [0.05, 0.1) is 0 Å². The summed E-state index contributed by atoms with van der Waals surface area (Å²) in [5.41, 5.74) is 1.21. The first-order chi connectivity index (χ1) is 14.2. The van der Waals surface area contributed by atoms with Crippen LogP contribution in [-0.4, -0.2) is 75.4 Å². The normalized spacial score (nSPS) is 18.9. The van der Waals surface area contributed by atoms with Gasteiger partial charge in [0.15, 0.2) is 5.96 Å². The predicted molar refractivity (Wildman–Crippen MR) is 134 cm³/mol. The van der Waals surface area contributed by atoms with Crippen LogP contribution in [-0.2, 0) is 11.3 Å². The molecular weight excluding hydrogens is 491 g/mol. The molecule has 1 aromatic carbocycles. The number of likely N-dealkylation sites (tertiary alicyclic amines) is 1. The summed E-state index contributed by atoms with van der Waals surface area (Å²) in [5, 5.41) is 3.52. The Morgan fingerprint density at radius 2 is 1.97 bits per heavy atom. The van der Waals surface area contributed by atoms with Gasteiger partial charge < -0.3 is 19.7 Å². The molecule has 2 aliphatic heterocycles. The molecule has 0 aliphatic carbocycles. The quantitative estimate of drug-likeness (QED) is 0.332. The summed E-state index contributed by atoms with van der Waals surface area (Å²) in [6, 6.07) is 9.00. The van der Waals surface area contributed by atoms with Crippen molar-refractivity contribution in [3.05, 3.63) is 29.8 Å². The fourth-order valence-corrected chi connectivity index (χ4v) is 4.10. The Morgan fingerprint density at radius 1 is 1.23 bits per heavy atom. The molecule has 6 nitrogen and oxygen atoms in total. The monoisotopic (exact) mass is 530 g/mol. The molecule has 0 spiro atoms. The first kappa shape index (κ1) is 25.2. The summed E-state index contributed by atoms with van der Waals surface area (Å²) in [6.07, 6.45) is 4.72. The van der Waals surface area contributed by atoms with Crippen LogP contribution in [0.15, 0.2) is 29.3 Å². The van der Waals surface area contributed by atoms with E-state index in [1.165, 1.54) is 18.4 Å². The van der Waals surface area contributed by atoms with Gasteiger partial charge in [-0.15, -0.1) is 24.0 Å². The minimum Gasteiger partial charge on any atom is -0.492 e. The summed E-state index contributed by atoms with van der Waals surface area (Å²) in [5.74, 6) is 2.76. The molecule has 2 fully saturated rings. The van der Waals surface area contributed by atoms with Gasteiger partial charge in [0, 0.05) is 52.5 Å². The first-order valence-electron chi connectivity index (χ1n) is 11.1. The lowest BCUT2D eigenvalue weighted by atomic mass is 10.00. The molecule has 7 heteroatoms. The molecule has 1 N–H and O–H groups in total. The Morgan fingerprint density at radius 3 is 2.67 bits per heavy atom. The Kier molecular flexibility index (Phi) is 11.2. The van der Waals surface area contributed by atoms with E-state index in [4.69, 9.17) is 9.47 Å². The van der Waals surface area contributed by atoms with Gasteiger partial charge in [-0.2, -0.15) is 0 Å². The predicted octanol–water partition coefficient (Wildman–Crippen LogP) is 3.60. The summed E-state index contributed by atoms with van der Waals surface area (Å²) < 4.78 is 11.5. The second-order valence-electron chi connectivity index (χ2n) is 8.39. The number of aliphatic imine (C=N–C) groups is 1. The third-order valence-corrected chi connectivity index (χ3v) is 6.17. The lowest BCUT2D eigenvalue weighted by molar-refractivity contribution is 0.0392. The molecule has 30 heavy (non-hydrogen) atoms. The number of hydrogen-bond acceptors (Lipinski definition) is 4. The number of nitrogens with zero attached hydrogens (tertiary/aromatic N) is 3. The van der Waals surface area contributed by atoms with Crippen LogP contribution in [0.3, 0.4) is 0 Å². The van der Waals surface area contributed by atoms with E-state index in [1.807, 2.05) is 13.1 Å². The van der Waals surface area contributed by atoms with Crippen LogP contribution >= 0.6 is 24.0 Å². The van der Waals surface area contributed by atoms with Crippen LogP contribution in [0.2, 0.25) is 0 Å². The van der Waals surface area contributed by atoms with Crippen molar-refractivity contribution in [3.8, 4) is 5.75 Å². The number of guanidine groups is 1. The van der Waals surface area contributed by atoms with Crippen LogP contribution in [0.5, 0.6) is 5.75 Å². The van der Waals surface area contributed by atoms with E-state index in [1.54, 1.807) is 0 Å². The average molecular weight is 530 g/mol. The lowest BCUT2D eigenvalue weighted by Crippen LogP contribution is -2.45. The van der Waals surface area contributed by atoms with E-state index in [9.17, 15) is 0 Å². The Labute approximate surface area is 199 Å². The summed E-state index contributed by atoms with van der Waals surface area (Å²) in [7, 11) is 4.06. The summed E-state index contributed by atoms with van der Waals surface area (Å²) in [4.78, 5) is 9.24. The van der Waals surface area contributed by atoms with Crippen LogP contribution in [0.4, 0.5) is 0 Å². The summed E-state index contributed by atoms with van der Waals surface area (Å²) in [6.45, 7) is 8.67. The van der Waals surface area contributed by atoms with Gasteiger partial charge >= 0.3 is 0 Å². The summed E-state index contributed by atoms with van der Waals surface area (Å²) >= 11 is 0. The molecule has 0 bridgehead atoms. The number of benzene rings is 1. The van der Waals surface area contributed by atoms with Gasteiger partial charge in [0.1, 0.15) is 12.4 Å². The maximum absolute atomic E-state index is 6.03. The van der Waals surface area contributed by atoms with E-state index in [0.29, 0.717) is 12.6 Å². The van der Waals surface area contributed by atoms with Gasteiger partial charge in [0.2, 0.25) is 0 Å². The van der Waals surface area contributed by atoms with Crippen molar-refractivity contribution in [1.29, 1.82) is 0 Å². The molecule has 0 aromatic heterocycles. The third-order valence-electron chi connectivity index (χ3n) is 6.17. The molecule has 170 valence electrons. The lowest BCUT2D eigenvalue weighted by Gasteiger charge is -2.33. The molecule has 0 atom stereocenters. The van der Waals surface area contributed by atoms with Crippen molar-refractivity contribution in [2.24, 2.45) is 10.9 Å². The Hall–Kier alpha value is -1.06. The van der Waals surface area contributed by atoms with Gasteiger partial charge in [0.25, 0.3) is 0 Å². The molecule has 0 amide bonds. The fourth-order valence-electron chi connectivity index (χ4n) is 4.10. The minimum absolute atomic E-state index is 0. The molecule has 3 rings (SSSR count). The SMILES string of the molecule is CN=C(NCc1cccc(OCCN(C)C2CCOCC2)c1)N1CCC(C)CC1.I. The van der Waals surface area contributed by atoms with E-state index < -0.39 is 0 Å². The van der Waals surface area contributed by atoms with E-state index >= 15 is 0 Å². The zero-order valence-electron chi connectivity index (χ0n) is 18.8. The zero-order valence-corrected chi connectivity index (χ0v) is 21.1. The smallest absolute Gasteiger partial charge is 0.193 e. The van der Waals surface area contributed by atoms with Crippen molar-refractivity contribution in [2.45, 2.75) is 45.2 Å². The maximum Gasteiger partial charge on any atom is 0.193 e. The van der Waals surface area contributed by atoms with Crippen LogP contribution in [0, 0.1) is 5.92 Å². The van der Waals surface area contributed by atoms with Crippen molar-refractivity contribution in [3.63, 3.8) is 0 Å². The Balaban J connectivity index is 0.00000320. The molecule has 2 saturated heterocycles. The molecule has 0 unspecified atom stereocenters. The number of piperidine rings is 1. The van der Waals surface area contributed by atoms with Crippen LogP contribution in [0.25, 0.3) is 0 Å². The van der Waals surface area contributed by atoms with Crippen LogP contribution in [0.1, 0.15) is 38.2 Å². The average Bonchev–Trinajstić information content (AvgIpc) is 2.76. The minimum atomic E-state index is 0. The van der Waals surface area contributed by atoms with E-state index in [2.05, 4.69) is 52.3 Å². The molecule has 1 aromatic rings. The maximum atomic E-state index is 6.03. The number of nitrogens with one attached hydrogen (secondary N) is 1. The molecule has 0 radical (unpaired) electrons. The van der Waals surface area contributed by atoms with Crippen molar-refractivity contribution in [2.75, 3.05) is 53.6 Å². The third kappa shape index (κ3) is 7.89. The van der Waals surface area contributed by atoms with Crippen LogP contribution < -0.4 is 10.1 Å².